The zero-order valence-electron chi connectivity index (χ0n) is 31.3. The fraction of sp³-hybridized carbons (Fsp3) is 0.0606. The molecule has 330 valence electrons. The molecular weight excluding hydrogens is 937 g/mol. The summed E-state index contributed by atoms with van der Waals surface area (Å²) in [6, 6.07) is 18.9. The molecule has 5 aromatic carbocycles. The van der Waals surface area contributed by atoms with Gasteiger partial charge in [0.15, 0.2) is 5.37 Å². The van der Waals surface area contributed by atoms with Crippen molar-refractivity contribution in [3.8, 4) is 0 Å². The van der Waals surface area contributed by atoms with E-state index in [1.807, 2.05) is 0 Å². The Morgan fingerprint density at radius 1 is 0.476 bits per heavy atom. The molecule has 0 bridgehead atoms. The van der Waals surface area contributed by atoms with Crippen LogP contribution < -0.4 is 16.0 Å². The van der Waals surface area contributed by atoms with Crippen LogP contribution in [0.2, 0.25) is 0 Å². The van der Waals surface area contributed by atoms with Gasteiger partial charge in [0.25, 0.3) is 50.6 Å². The minimum atomic E-state index is -5.00. The molecule has 0 spiro atoms. The van der Waals surface area contributed by atoms with Crippen LogP contribution in [0, 0.1) is 0 Å². The van der Waals surface area contributed by atoms with Crippen molar-refractivity contribution in [3.05, 3.63) is 97.1 Å². The van der Waals surface area contributed by atoms with Crippen molar-refractivity contribution < 1.29 is 64.9 Å². The average molecular weight is 965 g/mol. The molecule has 63 heavy (non-hydrogen) atoms. The number of azo groups is 2. The van der Waals surface area contributed by atoms with Gasteiger partial charge in [0, 0.05) is 16.5 Å². The maximum absolute atomic E-state index is 12.5. The molecule has 0 aliphatic heterocycles. The highest BCUT2D eigenvalue weighted by Gasteiger charge is 2.23. The van der Waals surface area contributed by atoms with Gasteiger partial charge >= 0.3 is 0 Å². The molecule has 1 unspecified atom stereocenters. The third-order valence-electron chi connectivity index (χ3n) is 8.18. The molecule has 0 amide bonds. The minimum absolute atomic E-state index is 0.108. The van der Waals surface area contributed by atoms with E-state index in [-0.39, 0.29) is 50.8 Å². The summed E-state index contributed by atoms with van der Waals surface area (Å²) in [5, 5.41) is 21.3. The molecule has 1 atom stereocenters. The predicted molar refractivity (Wildman–Crippen MR) is 222 cm³/mol. The lowest BCUT2D eigenvalue weighted by Crippen LogP contribution is -2.27. The highest BCUT2D eigenvalue weighted by atomic mass is 32.2. The Balaban J connectivity index is 1.28. The Labute approximate surface area is 356 Å². The lowest BCUT2D eigenvalue weighted by Gasteiger charge is -2.15. The fourth-order valence-corrected chi connectivity index (χ4v) is 8.10. The predicted octanol–water partition coefficient (Wildman–Crippen LogP) is 5.98. The number of nitrogens with zero attached hydrogens (tertiary/aromatic N) is 7. The van der Waals surface area contributed by atoms with Crippen LogP contribution in [0.1, 0.15) is 6.92 Å². The first-order valence-corrected chi connectivity index (χ1v) is 24.2. The molecule has 0 saturated heterocycles. The summed E-state index contributed by atoms with van der Waals surface area (Å²) in [6.45, 7) is 1.06. The van der Waals surface area contributed by atoms with E-state index in [0.717, 1.165) is 49.4 Å². The maximum atomic E-state index is 12.5. The van der Waals surface area contributed by atoms with Crippen LogP contribution in [0.3, 0.4) is 0 Å². The van der Waals surface area contributed by atoms with E-state index >= 15 is 0 Å². The van der Waals surface area contributed by atoms with Crippen molar-refractivity contribution in [1.29, 1.82) is 0 Å². The highest BCUT2D eigenvalue weighted by Crippen LogP contribution is 2.35. The Kier molecular flexibility index (Phi) is 12.7. The third kappa shape index (κ3) is 11.7. The lowest BCUT2D eigenvalue weighted by molar-refractivity contribution is 0.473. The van der Waals surface area contributed by atoms with Crippen molar-refractivity contribution in [2.75, 3.05) is 16.0 Å². The summed E-state index contributed by atoms with van der Waals surface area (Å²) in [5.41, 5.74) is -0.144. The Morgan fingerprint density at radius 2 is 0.968 bits per heavy atom. The van der Waals surface area contributed by atoms with Gasteiger partial charge < -0.3 is 16.0 Å². The van der Waals surface area contributed by atoms with Crippen LogP contribution in [-0.4, -0.2) is 85.2 Å². The average Bonchev–Trinajstić information content (AvgIpc) is 3.18. The van der Waals surface area contributed by atoms with Crippen molar-refractivity contribution in [2.45, 2.75) is 31.9 Å². The van der Waals surface area contributed by atoms with Gasteiger partial charge in [0.05, 0.1) is 33.3 Å². The van der Waals surface area contributed by atoms with E-state index in [2.05, 4.69) is 51.4 Å². The number of rotatable bonds is 15. The van der Waals surface area contributed by atoms with Crippen LogP contribution >= 0.6 is 0 Å². The smallest absolute Gasteiger partial charge is 0.296 e. The van der Waals surface area contributed by atoms with Gasteiger partial charge in [-0.25, -0.2) is 0 Å². The molecule has 6 rings (SSSR count). The normalized spacial score (nSPS) is 13.4. The Bertz CT molecular complexity index is 3410. The Hall–Kier alpha value is -6.48. The summed E-state index contributed by atoms with van der Waals surface area (Å²) in [5.74, 6) is -1.19. The maximum Gasteiger partial charge on any atom is 0.296 e. The molecule has 1 heterocycles. The lowest BCUT2D eigenvalue weighted by atomic mass is 10.1. The van der Waals surface area contributed by atoms with Gasteiger partial charge in [-0.3, -0.25) is 22.8 Å². The summed E-state index contributed by atoms with van der Waals surface area (Å²) in [6.07, 6.45) is 0. The highest BCUT2D eigenvalue weighted by molar-refractivity contribution is 7.87. The molecule has 30 heteroatoms. The van der Waals surface area contributed by atoms with Crippen molar-refractivity contribution in [1.82, 2.24) is 15.0 Å². The monoisotopic (exact) mass is 964 g/mol. The van der Waals surface area contributed by atoms with Gasteiger partial charge in [-0.1, -0.05) is 12.1 Å². The van der Waals surface area contributed by atoms with Crippen molar-refractivity contribution in [3.63, 3.8) is 0 Å². The van der Waals surface area contributed by atoms with E-state index in [9.17, 15) is 60.3 Å². The zero-order chi connectivity index (χ0) is 46.1. The molecule has 1 aromatic heterocycles. The van der Waals surface area contributed by atoms with E-state index in [1.165, 1.54) is 54.6 Å². The van der Waals surface area contributed by atoms with E-state index in [0.29, 0.717) is 0 Å². The van der Waals surface area contributed by atoms with Crippen LogP contribution in [0.25, 0.3) is 10.8 Å². The van der Waals surface area contributed by atoms with Crippen LogP contribution in [0.15, 0.2) is 137 Å². The summed E-state index contributed by atoms with van der Waals surface area (Å²) >= 11 is 0. The molecule has 0 aliphatic carbocycles. The summed E-state index contributed by atoms with van der Waals surface area (Å²) < 4.78 is 168. The van der Waals surface area contributed by atoms with Crippen LogP contribution in [-0.2, 0) is 50.6 Å². The van der Waals surface area contributed by atoms with Crippen LogP contribution in [0.4, 0.5) is 52.0 Å². The first-order valence-electron chi connectivity index (χ1n) is 16.9. The van der Waals surface area contributed by atoms with E-state index < -0.39 is 87.4 Å². The third-order valence-corrected chi connectivity index (χ3v) is 12.8. The number of benzene rings is 5. The topological polar surface area (TPSA) is 396 Å². The molecule has 0 fully saturated rings. The zero-order valence-corrected chi connectivity index (χ0v) is 35.4. The second kappa shape index (κ2) is 17.4. The van der Waals surface area contributed by atoms with Gasteiger partial charge in [0.2, 0.25) is 17.8 Å². The quantitative estimate of drug-likeness (QED) is 0.0433. The molecule has 25 nitrogen and oxygen atoms in total. The summed E-state index contributed by atoms with van der Waals surface area (Å²) in [4.78, 5) is 9.76. The second-order valence-corrected chi connectivity index (χ2v) is 20.0. The van der Waals surface area contributed by atoms with Crippen LogP contribution in [0.5, 0.6) is 0 Å². The first kappa shape index (κ1) is 46.0. The standard InChI is InChI=1S/C33H28N10O15S5/c1-18(59(44,45)46)34-31-37-32(39-33(38-31)36-27-14-11-22(16-30(27)63(56,57)58)42-40-21-9-12-24(13-10-21)60(47,48)49)35-19-5-7-20(8-6-19)41-43-23-15-26-25(29(17-23)62(53,54)55)3-2-4-28(26)61(50,51)52/h2-18H,1H3,(H,44,45,46)(H,47,48,49)(H,50,51,52)(H,53,54,55)(H,56,57,58)(H3,34,35,36,37,38,39). The molecule has 8 N–H and O–H groups in total. The number of hydrogen-bond donors (Lipinski definition) is 8. The number of nitrogens with one attached hydrogen (secondary N) is 3. The van der Waals surface area contributed by atoms with E-state index in [1.54, 1.807) is 0 Å². The number of aromatic nitrogens is 3. The van der Waals surface area contributed by atoms with Gasteiger partial charge in [-0.05, 0) is 91.9 Å². The van der Waals surface area contributed by atoms with Gasteiger partial charge in [-0.15, -0.1) is 0 Å². The molecule has 6 aromatic rings. The molecule has 0 saturated carbocycles. The van der Waals surface area contributed by atoms with Gasteiger partial charge in [-0.2, -0.15) is 77.5 Å². The number of fused-ring (bicyclic) bond motifs is 1. The largest absolute Gasteiger partial charge is 0.336 e. The Morgan fingerprint density at radius 3 is 1.52 bits per heavy atom. The molecule has 0 aliphatic rings. The number of anilines is 5. The fourth-order valence-electron chi connectivity index (χ4n) is 5.28. The summed E-state index contributed by atoms with van der Waals surface area (Å²) in [7, 11) is -23.9. The molecular formula is C33H28N10O15S5. The number of hydrogen-bond acceptors (Lipinski definition) is 20. The van der Waals surface area contributed by atoms with E-state index in [4.69, 9.17) is 4.55 Å². The second-order valence-electron chi connectivity index (χ2n) is 12.7. The van der Waals surface area contributed by atoms with Crippen molar-refractivity contribution in [2.24, 2.45) is 20.5 Å². The minimum Gasteiger partial charge on any atom is -0.336 e. The SMILES string of the molecule is CC(Nc1nc(Nc2ccc(N=Nc3cc(S(=O)(=O)O)c4cccc(S(=O)(=O)O)c4c3)cc2)nc(Nc2ccc(N=Nc3ccc(S(=O)(=O)O)cc3)cc2S(=O)(=O)O)n1)S(=O)(=O)O. The molecule has 0 radical (unpaired) electrons. The van der Waals surface area contributed by atoms with Crippen molar-refractivity contribution >= 4 is 113 Å². The van der Waals surface area contributed by atoms with Gasteiger partial charge in [0.1, 0.15) is 14.7 Å². The first-order chi connectivity index (χ1) is 29.2.